The van der Waals surface area contributed by atoms with E-state index in [4.69, 9.17) is 28.9 Å². The number of aromatic amines is 1. The van der Waals surface area contributed by atoms with Crippen molar-refractivity contribution in [3.8, 4) is 22.4 Å². The van der Waals surface area contributed by atoms with Crippen molar-refractivity contribution in [2.75, 3.05) is 5.73 Å². The summed E-state index contributed by atoms with van der Waals surface area (Å²) in [6.07, 6.45) is 0. The van der Waals surface area contributed by atoms with E-state index in [-0.39, 0.29) is 0 Å². The molecule has 0 aliphatic carbocycles. The molecule has 1 aromatic heterocycles. The van der Waals surface area contributed by atoms with E-state index in [1.165, 1.54) is 0 Å². The number of hydrogen-bond acceptors (Lipinski definition) is 2. The van der Waals surface area contributed by atoms with Crippen molar-refractivity contribution in [1.29, 1.82) is 0 Å². The topological polar surface area (TPSA) is 54.7 Å². The van der Waals surface area contributed by atoms with Crippen molar-refractivity contribution in [3.63, 3.8) is 0 Å². The van der Waals surface area contributed by atoms with Gasteiger partial charge < -0.3 is 5.73 Å². The van der Waals surface area contributed by atoms with Crippen LogP contribution in [0, 0.1) is 0 Å². The van der Waals surface area contributed by atoms with E-state index in [2.05, 4.69) is 26.1 Å². The third kappa shape index (κ3) is 2.93. The molecule has 0 fully saturated rings. The van der Waals surface area contributed by atoms with Gasteiger partial charge in [0.05, 0.1) is 11.3 Å². The van der Waals surface area contributed by atoms with Crippen LogP contribution in [0.25, 0.3) is 22.4 Å². The number of H-pyrrole nitrogens is 1. The summed E-state index contributed by atoms with van der Waals surface area (Å²) in [6.45, 7) is 0. The Labute approximate surface area is 140 Å². The fraction of sp³-hybridized carbons (Fsp3) is 0. The molecule has 2 aromatic carbocycles. The lowest BCUT2D eigenvalue weighted by Gasteiger charge is -2.06. The Hall–Kier alpha value is -1.49. The second kappa shape index (κ2) is 5.72. The largest absolute Gasteiger partial charge is 0.382 e. The Kier molecular flexibility index (Phi) is 3.93. The van der Waals surface area contributed by atoms with Gasteiger partial charge in [-0.2, -0.15) is 5.10 Å². The SMILES string of the molecule is Nc1n[nH]c(-c2cc(Cl)cc(Br)c2)c1-c1cccc(Cl)c1. The van der Waals surface area contributed by atoms with Gasteiger partial charge in [0.1, 0.15) is 0 Å². The van der Waals surface area contributed by atoms with E-state index >= 15 is 0 Å². The van der Waals surface area contributed by atoms with Gasteiger partial charge in [0, 0.05) is 20.1 Å². The van der Waals surface area contributed by atoms with Crippen LogP contribution in [0.2, 0.25) is 10.0 Å². The number of hydrogen-bond donors (Lipinski definition) is 2. The molecule has 21 heavy (non-hydrogen) atoms. The Bertz CT molecular complexity index is 794. The van der Waals surface area contributed by atoms with Crippen molar-refractivity contribution >= 4 is 44.9 Å². The molecule has 0 saturated carbocycles. The number of nitrogens with two attached hydrogens (primary N) is 1. The van der Waals surface area contributed by atoms with Crippen LogP contribution < -0.4 is 5.73 Å². The zero-order valence-electron chi connectivity index (χ0n) is 10.7. The van der Waals surface area contributed by atoms with Gasteiger partial charge in [-0.05, 0) is 35.9 Å². The molecule has 0 spiro atoms. The van der Waals surface area contributed by atoms with Crippen LogP contribution in [-0.2, 0) is 0 Å². The summed E-state index contributed by atoms with van der Waals surface area (Å²) in [5, 5.41) is 8.35. The van der Waals surface area contributed by atoms with Crippen LogP contribution in [0.1, 0.15) is 0 Å². The minimum Gasteiger partial charge on any atom is -0.382 e. The minimum absolute atomic E-state index is 0.420. The average molecular weight is 383 g/mol. The van der Waals surface area contributed by atoms with Crippen LogP contribution in [0.3, 0.4) is 0 Å². The Morgan fingerprint density at radius 2 is 1.76 bits per heavy atom. The number of halogens is 3. The highest BCUT2D eigenvalue weighted by atomic mass is 79.9. The molecule has 3 N–H and O–H groups in total. The van der Waals surface area contributed by atoms with Crippen molar-refractivity contribution < 1.29 is 0 Å². The molecule has 0 unspecified atom stereocenters. The van der Waals surface area contributed by atoms with Crippen molar-refractivity contribution in [3.05, 3.63) is 57.0 Å². The first-order chi connectivity index (χ1) is 10.0. The van der Waals surface area contributed by atoms with Gasteiger partial charge in [-0.3, -0.25) is 5.10 Å². The summed E-state index contributed by atoms with van der Waals surface area (Å²) < 4.78 is 0.884. The maximum Gasteiger partial charge on any atom is 0.153 e. The standard InChI is InChI=1S/C15H10BrCl2N3/c16-10-4-9(6-12(18)7-10)14-13(15(19)21-20-14)8-2-1-3-11(17)5-8/h1-7H,(H3,19,20,21). The lowest BCUT2D eigenvalue weighted by atomic mass is 10.0. The summed E-state index contributed by atoms with van der Waals surface area (Å²) in [4.78, 5) is 0. The van der Waals surface area contributed by atoms with E-state index in [0.29, 0.717) is 15.9 Å². The smallest absolute Gasteiger partial charge is 0.153 e. The van der Waals surface area contributed by atoms with Crippen LogP contribution in [0.15, 0.2) is 46.9 Å². The van der Waals surface area contributed by atoms with Gasteiger partial charge in [0.25, 0.3) is 0 Å². The van der Waals surface area contributed by atoms with Crippen LogP contribution in [-0.4, -0.2) is 10.2 Å². The molecule has 6 heteroatoms. The molecule has 3 rings (SSSR count). The van der Waals surface area contributed by atoms with Crippen molar-refractivity contribution in [1.82, 2.24) is 10.2 Å². The molecule has 1 heterocycles. The van der Waals surface area contributed by atoms with Gasteiger partial charge in [-0.25, -0.2) is 0 Å². The molecule has 106 valence electrons. The highest BCUT2D eigenvalue weighted by Gasteiger charge is 2.15. The second-order valence-electron chi connectivity index (χ2n) is 4.53. The number of benzene rings is 2. The van der Waals surface area contributed by atoms with Gasteiger partial charge in [-0.1, -0.05) is 51.3 Å². The molecule has 3 aromatic rings. The Morgan fingerprint density at radius 3 is 2.48 bits per heavy atom. The zero-order valence-corrected chi connectivity index (χ0v) is 13.8. The fourth-order valence-electron chi connectivity index (χ4n) is 2.20. The molecular weight excluding hydrogens is 373 g/mol. The van der Waals surface area contributed by atoms with Gasteiger partial charge in [0.15, 0.2) is 5.82 Å². The zero-order chi connectivity index (χ0) is 15.0. The number of nitrogens with zero attached hydrogens (tertiary/aromatic N) is 1. The van der Waals surface area contributed by atoms with Crippen molar-refractivity contribution in [2.24, 2.45) is 0 Å². The summed E-state index contributed by atoms with van der Waals surface area (Å²) in [5.41, 5.74) is 9.42. The van der Waals surface area contributed by atoms with Gasteiger partial charge >= 0.3 is 0 Å². The lowest BCUT2D eigenvalue weighted by molar-refractivity contribution is 1.10. The highest BCUT2D eigenvalue weighted by molar-refractivity contribution is 9.10. The number of nitrogens with one attached hydrogen (secondary N) is 1. The quantitative estimate of drug-likeness (QED) is 0.623. The van der Waals surface area contributed by atoms with Crippen LogP contribution in [0.5, 0.6) is 0 Å². The van der Waals surface area contributed by atoms with E-state index in [0.717, 1.165) is 26.9 Å². The van der Waals surface area contributed by atoms with Crippen LogP contribution in [0.4, 0.5) is 5.82 Å². The number of anilines is 1. The molecule has 0 atom stereocenters. The monoisotopic (exact) mass is 381 g/mol. The first-order valence-electron chi connectivity index (χ1n) is 6.11. The lowest BCUT2D eigenvalue weighted by Crippen LogP contribution is -1.89. The summed E-state index contributed by atoms with van der Waals surface area (Å²) in [7, 11) is 0. The first-order valence-corrected chi connectivity index (χ1v) is 7.66. The van der Waals surface area contributed by atoms with E-state index in [1.807, 2.05) is 42.5 Å². The predicted octanol–water partition coefficient (Wildman–Crippen LogP) is 5.40. The molecule has 0 saturated heterocycles. The molecule has 0 radical (unpaired) electrons. The third-order valence-electron chi connectivity index (χ3n) is 3.06. The number of rotatable bonds is 2. The third-order valence-corrected chi connectivity index (χ3v) is 3.97. The van der Waals surface area contributed by atoms with Gasteiger partial charge in [0.2, 0.25) is 0 Å². The Balaban J connectivity index is 2.21. The van der Waals surface area contributed by atoms with Crippen LogP contribution >= 0.6 is 39.1 Å². The Morgan fingerprint density at radius 1 is 1.00 bits per heavy atom. The molecule has 0 bridgehead atoms. The number of aromatic nitrogens is 2. The first kappa shape index (κ1) is 14.4. The molecular formula is C15H10BrCl2N3. The maximum atomic E-state index is 6.11. The molecule has 0 amide bonds. The normalized spacial score (nSPS) is 10.8. The highest BCUT2D eigenvalue weighted by Crippen LogP contribution is 2.37. The maximum absolute atomic E-state index is 6.11. The average Bonchev–Trinajstić information content (AvgIpc) is 2.79. The van der Waals surface area contributed by atoms with Crippen molar-refractivity contribution in [2.45, 2.75) is 0 Å². The minimum atomic E-state index is 0.420. The van der Waals surface area contributed by atoms with Gasteiger partial charge in [-0.15, -0.1) is 0 Å². The fourth-order valence-corrected chi connectivity index (χ4v) is 3.25. The molecule has 3 nitrogen and oxygen atoms in total. The number of nitrogen functional groups attached to an aromatic ring is 1. The summed E-state index contributed by atoms with van der Waals surface area (Å²) in [5.74, 6) is 0.420. The summed E-state index contributed by atoms with van der Waals surface area (Å²) >= 11 is 15.6. The predicted molar refractivity (Wildman–Crippen MR) is 91.6 cm³/mol. The molecule has 0 aliphatic heterocycles. The second-order valence-corrected chi connectivity index (χ2v) is 6.32. The van der Waals surface area contributed by atoms with E-state index in [1.54, 1.807) is 0 Å². The van der Waals surface area contributed by atoms with E-state index in [9.17, 15) is 0 Å². The van der Waals surface area contributed by atoms with E-state index < -0.39 is 0 Å². The molecule has 0 aliphatic rings. The summed E-state index contributed by atoms with van der Waals surface area (Å²) in [6, 6.07) is 13.1.